The molecule has 0 saturated carbocycles. The number of carbonyl (C=O) groups is 1. The van der Waals surface area contributed by atoms with Crippen LogP contribution in [-0.4, -0.2) is 29.7 Å². The normalized spacial score (nSPS) is 27.0. The van der Waals surface area contributed by atoms with Crippen LogP contribution in [0.1, 0.15) is 20.3 Å². The van der Waals surface area contributed by atoms with Gasteiger partial charge in [0.25, 0.3) is 0 Å². The summed E-state index contributed by atoms with van der Waals surface area (Å²) in [5.74, 6) is 0.0674. The van der Waals surface area contributed by atoms with Gasteiger partial charge < -0.3 is 16.2 Å². The Morgan fingerprint density at radius 2 is 2.27 bits per heavy atom. The Hall–Kier alpha value is -0.870. The Balaban J connectivity index is 2.44. The third-order valence-corrected chi connectivity index (χ3v) is 2.78. The van der Waals surface area contributed by atoms with Crippen molar-refractivity contribution >= 4 is 5.91 Å². The molecule has 2 unspecified atom stereocenters. The van der Waals surface area contributed by atoms with E-state index in [1.165, 1.54) is 0 Å². The number of aliphatic hydroxyl groups is 1. The van der Waals surface area contributed by atoms with Crippen LogP contribution in [0.15, 0.2) is 12.2 Å². The van der Waals surface area contributed by atoms with E-state index in [1.54, 1.807) is 0 Å². The van der Waals surface area contributed by atoms with Crippen LogP contribution in [0.5, 0.6) is 0 Å². The highest BCUT2D eigenvalue weighted by atomic mass is 16.3. The van der Waals surface area contributed by atoms with Gasteiger partial charge in [0.05, 0.1) is 18.6 Å². The largest absolute Gasteiger partial charge is 0.394 e. The third kappa shape index (κ3) is 3.32. The summed E-state index contributed by atoms with van der Waals surface area (Å²) < 4.78 is 0. The van der Waals surface area contributed by atoms with Crippen molar-refractivity contribution < 1.29 is 9.90 Å². The molecule has 4 heteroatoms. The monoisotopic (exact) mass is 212 g/mol. The van der Waals surface area contributed by atoms with Crippen molar-refractivity contribution in [3.05, 3.63) is 12.2 Å². The van der Waals surface area contributed by atoms with E-state index >= 15 is 0 Å². The number of nitrogens with two attached hydrogens (primary N) is 1. The fraction of sp³-hybridized carbons (Fsp3) is 0.727. The van der Waals surface area contributed by atoms with Gasteiger partial charge in [0.2, 0.25) is 5.91 Å². The maximum absolute atomic E-state index is 11.7. The molecule has 3 atom stereocenters. The Kier molecular flexibility index (Phi) is 4.29. The molecule has 0 bridgehead atoms. The first-order chi connectivity index (χ1) is 7.04. The number of carbonyl (C=O) groups excluding carboxylic acids is 1. The molecule has 0 radical (unpaired) electrons. The highest BCUT2D eigenvalue weighted by molar-refractivity contribution is 5.81. The lowest BCUT2D eigenvalue weighted by Crippen LogP contribution is -2.43. The second-order valence-electron chi connectivity index (χ2n) is 4.43. The minimum atomic E-state index is -0.164. The number of amides is 1. The van der Waals surface area contributed by atoms with Crippen LogP contribution >= 0.6 is 0 Å². The molecule has 1 rings (SSSR count). The second-order valence-corrected chi connectivity index (χ2v) is 4.43. The SMILES string of the molecule is CC(C)[C@@H](CO)NC(=O)C1C=CC(N)C1. The molecule has 0 aliphatic heterocycles. The van der Waals surface area contributed by atoms with Crippen LogP contribution in [0.4, 0.5) is 0 Å². The highest BCUT2D eigenvalue weighted by Crippen LogP contribution is 2.16. The summed E-state index contributed by atoms with van der Waals surface area (Å²) in [6.07, 6.45) is 4.37. The zero-order valence-corrected chi connectivity index (χ0v) is 9.31. The molecule has 0 aromatic carbocycles. The van der Waals surface area contributed by atoms with Crippen molar-refractivity contribution in [3.8, 4) is 0 Å². The van der Waals surface area contributed by atoms with Gasteiger partial charge in [0.1, 0.15) is 0 Å². The molecule has 4 N–H and O–H groups in total. The summed E-state index contributed by atoms with van der Waals surface area (Å²) in [4.78, 5) is 11.7. The van der Waals surface area contributed by atoms with E-state index in [9.17, 15) is 4.79 Å². The van der Waals surface area contributed by atoms with Gasteiger partial charge in [-0.25, -0.2) is 0 Å². The molecule has 1 amide bonds. The van der Waals surface area contributed by atoms with E-state index in [-0.39, 0.29) is 36.4 Å². The number of hydrogen-bond acceptors (Lipinski definition) is 3. The van der Waals surface area contributed by atoms with Gasteiger partial charge >= 0.3 is 0 Å². The van der Waals surface area contributed by atoms with E-state index < -0.39 is 0 Å². The van der Waals surface area contributed by atoms with Crippen LogP contribution in [-0.2, 0) is 4.79 Å². The number of hydrogen-bond donors (Lipinski definition) is 3. The average Bonchev–Trinajstić information content (AvgIpc) is 2.60. The molecule has 4 nitrogen and oxygen atoms in total. The zero-order chi connectivity index (χ0) is 11.4. The average molecular weight is 212 g/mol. The predicted octanol–water partition coefficient (Wildman–Crippen LogP) is 0.0229. The summed E-state index contributed by atoms with van der Waals surface area (Å²) in [5.41, 5.74) is 5.67. The zero-order valence-electron chi connectivity index (χ0n) is 9.31. The standard InChI is InChI=1S/C11H20N2O2/c1-7(2)10(6-14)13-11(15)8-3-4-9(12)5-8/h3-4,7-10,14H,5-6,12H2,1-2H3,(H,13,15)/t8?,9?,10-/m1/s1. The maximum atomic E-state index is 11.7. The molecule has 0 heterocycles. The molecule has 1 aliphatic carbocycles. The summed E-state index contributed by atoms with van der Waals surface area (Å²) in [7, 11) is 0. The third-order valence-electron chi connectivity index (χ3n) is 2.78. The lowest BCUT2D eigenvalue weighted by Gasteiger charge is -2.21. The van der Waals surface area contributed by atoms with Crippen molar-refractivity contribution in [2.75, 3.05) is 6.61 Å². The predicted molar refractivity (Wildman–Crippen MR) is 59.1 cm³/mol. The van der Waals surface area contributed by atoms with Crippen molar-refractivity contribution in [2.45, 2.75) is 32.4 Å². The molecule has 0 aromatic rings. The minimum absolute atomic E-state index is 0.00706. The smallest absolute Gasteiger partial charge is 0.227 e. The number of nitrogens with one attached hydrogen (secondary N) is 1. The molecule has 0 fully saturated rings. The quantitative estimate of drug-likeness (QED) is 0.575. The number of aliphatic hydroxyl groups excluding tert-OH is 1. The van der Waals surface area contributed by atoms with Gasteiger partial charge in [-0.05, 0) is 12.3 Å². The van der Waals surface area contributed by atoms with E-state index in [2.05, 4.69) is 5.32 Å². The van der Waals surface area contributed by atoms with Crippen molar-refractivity contribution in [1.82, 2.24) is 5.32 Å². The fourth-order valence-corrected chi connectivity index (χ4v) is 1.63. The second kappa shape index (κ2) is 5.28. The van der Waals surface area contributed by atoms with Crippen molar-refractivity contribution in [3.63, 3.8) is 0 Å². The topological polar surface area (TPSA) is 75.3 Å². The summed E-state index contributed by atoms with van der Waals surface area (Å²) >= 11 is 0. The first-order valence-electron chi connectivity index (χ1n) is 5.39. The molecule has 0 aromatic heterocycles. The van der Waals surface area contributed by atoms with Gasteiger partial charge in [-0.15, -0.1) is 0 Å². The first-order valence-corrected chi connectivity index (χ1v) is 5.39. The van der Waals surface area contributed by atoms with Crippen LogP contribution in [0.25, 0.3) is 0 Å². The van der Waals surface area contributed by atoms with Crippen LogP contribution < -0.4 is 11.1 Å². The molecular formula is C11H20N2O2. The van der Waals surface area contributed by atoms with Gasteiger partial charge in [0.15, 0.2) is 0 Å². The molecular weight excluding hydrogens is 192 g/mol. The van der Waals surface area contributed by atoms with E-state index in [1.807, 2.05) is 26.0 Å². The van der Waals surface area contributed by atoms with E-state index in [0.717, 1.165) is 0 Å². The molecule has 0 spiro atoms. The van der Waals surface area contributed by atoms with Gasteiger partial charge in [-0.2, -0.15) is 0 Å². The van der Waals surface area contributed by atoms with Gasteiger partial charge in [0, 0.05) is 6.04 Å². The summed E-state index contributed by atoms with van der Waals surface area (Å²) in [6.45, 7) is 3.92. The molecule has 86 valence electrons. The maximum Gasteiger partial charge on any atom is 0.227 e. The molecule has 0 saturated heterocycles. The Morgan fingerprint density at radius 3 is 2.67 bits per heavy atom. The van der Waals surface area contributed by atoms with Crippen LogP contribution in [0, 0.1) is 11.8 Å². The molecule has 15 heavy (non-hydrogen) atoms. The number of rotatable bonds is 4. The van der Waals surface area contributed by atoms with Crippen molar-refractivity contribution in [1.29, 1.82) is 0 Å². The lowest BCUT2D eigenvalue weighted by molar-refractivity contribution is -0.125. The Morgan fingerprint density at radius 1 is 1.60 bits per heavy atom. The summed E-state index contributed by atoms with van der Waals surface area (Å²) in [5, 5.41) is 11.9. The van der Waals surface area contributed by atoms with E-state index in [4.69, 9.17) is 10.8 Å². The first kappa shape index (κ1) is 12.2. The van der Waals surface area contributed by atoms with E-state index in [0.29, 0.717) is 6.42 Å². The van der Waals surface area contributed by atoms with Crippen LogP contribution in [0.2, 0.25) is 0 Å². The highest BCUT2D eigenvalue weighted by Gasteiger charge is 2.25. The lowest BCUT2D eigenvalue weighted by atomic mass is 10.0. The Bertz CT molecular complexity index is 251. The fourth-order valence-electron chi connectivity index (χ4n) is 1.63. The van der Waals surface area contributed by atoms with Crippen molar-refractivity contribution in [2.24, 2.45) is 17.6 Å². The molecule has 1 aliphatic rings. The minimum Gasteiger partial charge on any atom is -0.394 e. The van der Waals surface area contributed by atoms with Gasteiger partial charge in [-0.1, -0.05) is 26.0 Å². The van der Waals surface area contributed by atoms with Gasteiger partial charge in [-0.3, -0.25) is 4.79 Å². The Labute approximate surface area is 90.5 Å². The summed E-state index contributed by atoms with van der Waals surface area (Å²) in [6, 6.07) is -0.171. The van der Waals surface area contributed by atoms with Crippen LogP contribution in [0.3, 0.4) is 0 Å².